The predicted molar refractivity (Wildman–Crippen MR) is 96.8 cm³/mol. The van der Waals surface area contributed by atoms with Crippen LogP contribution in [0.1, 0.15) is 38.8 Å². The highest BCUT2D eigenvalue weighted by Gasteiger charge is 2.28. The first kappa shape index (κ1) is 18.9. The van der Waals surface area contributed by atoms with E-state index in [1.165, 1.54) is 0 Å². The topological polar surface area (TPSA) is 55.8 Å². The van der Waals surface area contributed by atoms with Gasteiger partial charge in [0.05, 0.1) is 18.7 Å². The number of rotatable bonds is 7. The number of aliphatic hydroxyl groups excluding tert-OH is 1. The minimum absolute atomic E-state index is 0.0151. The first-order valence-corrected chi connectivity index (χ1v) is 9.01. The van der Waals surface area contributed by atoms with Crippen LogP contribution >= 0.6 is 0 Å². The Morgan fingerprint density at radius 1 is 1.12 bits per heavy atom. The maximum absolute atomic E-state index is 12.5. The normalized spacial score (nSPS) is 20.3. The van der Waals surface area contributed by atoms with Crippen molar-refractivity contribution in [1.29, 1.82) is 0 Å². The minimum Gasteiger partial charge on any atom is -0.395 e. The highest BCUT2D eigenvalue weighted by Crippen LogP contribution is 2.14. The molecule has 0 radical (unpaired) electrons. The summed E-state index contributed by atoms with van der Waals surface area (Å²) in [7, 11) is 0. The SMILES string of the molecule is CCC(CO)N1CCN(C(C)C(=O)NC(C)c2ccccc2)CC1. The standard InChI is InChI=1S/C19H31N3O2/c1-4-18(14-23)22-12-10-21(11-13-22)16(3)19(24)20-15(2)17-8-6-5-7-9-17/h5-9,15-16,18,23H,4,10-14H2,1-3H3,(H,20,24). The maximum atomic E-state index is 12.5. The van der Waals surface area contributed by atoms with E-state index in [0.717, 1.165) is 38.2 Å². The van der Waals surface area contributed by atoms with Crippen molar-refractivity contribution in [2.75, 3.05) is 32.8 Å². The van der Waals surface area contributed by atoms with Crippen molar-refractivity contribution in [3.63, 3.8) is 0 Å². The second kappa shape index (κ2) is 9.16. The molecule has 0 saturated carbocycles. The molecule has 24 heavy (non-hydrogen) atoms. The molecular weight excluding hydrogens is 302 g/mol. The Kier molecular flexibility index (Phi) is 7.21. The molecule has 0 aliphatic carbocycles. The summed E-state index contributed by atoms with van der Waals surface area (Å²) < 4.78 is 0. The van der Waals surface area contributed by atoms with Gasteiger partial charge >= 0.3 is 0 Å². The van der Waals surface area contributed by atoms with Gasteiger partial charge in [0.25, 0.3) is 0 Å². The van der Waals surface area contributed by atoms with Crippen LogP contribution in [-0.4, -0.2) is 65.7 Å². The molecule has 1 heterocycles. The molecule has 1 amide bonds. The third-order valence-corrected chi connectivity index (χ3v) is 5.13. The Bertz CT molecular complexity index is 497. The van der Waals surface area contributed by atoms with Crippen LogP contribution in [0.25, 0.3) is 0 Å². The number of carbonyl (C=O) groups excluding carboxylic acids is 1. The van der Waals surface area contributed by atoms with Crippen LogP contribution in [0.15, 0.2) is 30.3 Å². The molecule has 0 aromatic heterocycles. The van der Waals surface area contributed by atoms with Gasteiger partial charge in [-0.25, -0.2) is 0 Å². The van der Waals surface area contributed by atoms with E-state index < -0.39 is 0 Å². The summed E-state index contributed by atoms with van der Waals surface area (Å²) in [5.74, 6) is 0.0778. The van der Waals surface area contributed by atoms with Gasteiger partial charge in [0.2, 0.25) is 5.91 Å². The maximum Gasteiger partial charge on any atom is 0.237 e. The number of nitrogens with zero attached hydrogens (tertiary/aromatic N) is 2. The summed E-state index contributed by atoms with van der Waals surface area (Å²) in [5.41, 5.74) is 1.12. The molecule has 1 aromatic carbocycles. The van der Waals surface area contributed by atoms with E-state index in [0.29, 0.717) is 0 Å². The molecule has 1 aliphatic heterocycles. The number of hydrogen-bond acceptors (Lipinski definition) is 4. The third kappa shape index (κ3) is 4.79. The Balaban J connectivity index is 1.84. The summed E-state index contributed by atoms with van der Waals surface area (Å²) in [5, 5.41) is 12.5. The molecule has 1 aliphatic rings. The number of piperazine rings is 1. The van der Waals surface area contributed by atoms with Crippen molar-refractivity contribution < 1.29 is 9.90 Å². The van der Waals surface area contributed by atoms with Crippen molar-refractivity contribution in [3.8, 4) is 0 Å². The molecule has 3 unspecified atom stereocenters. The van der Waals surface area contributed by atoms with Crippen LogP contribution in [0, 0.1) is 0 Å². The van der Waals surface area contributed by atoms with Crippen molar-refractivity contribution >= 4 is 5.91 Å². The Morgan fingerprint density at radius 2 is 1.71 bits per heavy atom. The second-order valence-corrected chi connectivity index (χ2v) is 6.63. The first-order valence-electron chi connectivity index (χ1n) is 9.01. The van der Waals surface area contributed by atoms with Crippen LogP contribution in [0.5, 0.6) is 0 Å². The van der Waals surface area contributed by atoms with Gasteiger partial charge in [0.1, 0.15) is 0 Å². The fraction of sp³-hybridized carbons (Fsp3) is 0.632. The molecule has 1 aromatic rings. The summed E-state index contributed by atoms with van der Waals surface area (Å²) in [6.45, 7) is 9.86. The molecule has 2 N–H and O–H groups in total. The third-order valence-electron chi connectivity index (χ3n) is 5.13. The molecule has 1 fully saturated rings. The van der Waals surface area contributed by atoms with Crippen LogP contribution in [-0.2, 0) is 4.79 Å². The fourth-order valence-corrected chi connectivity index (χ4v) is 3.32. The number of amides is 1. The molecule has 0 bridgehead atoms. The highest BCUT2D eigenvalue weighted by atomic mass is 16.3. The zero-order valence-corrected chi connectivity index (χ0v) is 15.1. The number of nitrogens with one attached hydrogen (secondary N) is 1. The van der Waals surface area contributed by atoms with E-state index >= 15 is 0 Å². The fourth-order valence-electron chi connectivity index (χ4n) is 3.32. The monoisotopic (exact) mass is 333 g/mol. The predicted octanol–water partition coefficient (Wildman–Crippen LogP) is 1.64. The average Bonchev–Trinajstić information content (AvgIpc) is 2.63. The molecule has 5 nitrogen and oxygen atoms in total. The van der Waals surface area contributed by atoms with Gasteiger partial charge < -0.3 is 10.4 Å². The average molecular weight is 333 g/mol. The summed E-state index contributed by atoms with van der Waals surface area (Å²) in [4.78, 5) is 17.1. The van der Waals surface area contributed by atoms with Gasteiger partial charge in [-0.2, -0.15) is 0 Å². The summed E-state index contributed by atoms with van der Waals surface area (Å²) in [6.07, 6.45) is 0.959. The number of aliphatic hydroxyl groups is 1. The lowest BCUT2D eigenvalue weighted by Crippen LogP contribution is -2.56. The van der Waals surface area contributed by atoms with Gasteiger partial charge in [-0.15, -0.1) is 0 Å². The Morgan fingerprint density at radius 3 is 2.25 bits per heavy atom. The molecule has 5 heteroatoms. The lowest BCUT2D eigenvalue weighted by molar-refractivity contribution is -0.127. The lowest BCUT2D eigenvalue weighted by atomic mass is 10.1. The van der Waals surface area contributed by atoms with Crippen LogP contribution in [0.3, 0.4) is 0 Å². The number of carbonyl (C=O) groups is 1. The zero-order valence-electron chi connectivity index (χ0n) is 15.1. The lowest BCUT2D eigenvalue weighted by Gasteiger charge is -2.40. The number of hydrogen-bond donors (Lipinski definition) is 2. The van der Waals surface area contributed by atoms with E-state index in [9.17, 15) is 9.90 Å². The van der Waals surface area contributed by atoms with Gasteiger partial charge in [-0.1, -0.05) is 37.3 Å². The van der Waals surface area contributed by atoms with Gasteiger partial charge in [-0.3, -0.25) is 14.6 Å². The first-order chi connectivity index (χ1) is 11.6. The second-order valence-electron chi connectivity index (χ2n) is 6.63. The van der Waals surface area contributed by atoms with Crippen LogP contribution < -0.4 is 5.32 Å². The van der Waals surface area contributed by atoms with Crippen molar-refractivity contribution in [1.82, 2.24) is 15.1 Å². The summed E-state index contributed by atoms with van der Waals surface area (Å²) >= 11 is 0. The van der Waals surface area contributed by atoms with E-state index in [-0.39, 0.29) is 30.6 Å². The van der Waals surface area contributed by atoms with Crippen molar-refractivity contribution in [2.24, 2.45) is 0 Å². The smallest absolute Gasteiger partial charge is 0.237 e. The van der Waals surface area contributed by atoms with Crippen LogP contribution in [0.4, 0.5) is 0 Å². The molecule has 0 spiro atoms. The van der Waals surface area contributed by atoms with E-state index in [1.807, 2.05) is 44.2 Å². The molecule has 1 saturated heterocycles. The summed E-state index contributed by atoms with van der Waals surface area (Å²) in [6, 6.07) is 10.2. The Hall–Kier alpha value is -1.43. The number of benzene rings is 1. The van der Waals surface area contributed by atoms with Crippen molar-refractivity contribution in [3.05, 3.63) is 35.9 Å². The molecule has 2 rings (SSSR count). The Labute approximate surface area is 145 Å². The quantitative estimate of drug-likeness (QED) is 0.796. The van der Waals surface area contributed by atoms with E-state index in [4.69, 9.17) is 0 Å². The van der Waals surface area contributed by atoms with E-state index in [1.54, 1.807) is 0 Å². The van der Waals surface area contributed by atoms with E-state index in [2.05, 4.69) is 22.0 Å². The largest absolute Gasteiger partial charge is 0.395 e. The molecule has 3 atom stereocenters. The molecular formula is C19H31N3O2. The molecule has 134 valence electrons. The van der Waals surface area contributed by atoms with Gasteiger partial charge in [-0.05, 0) is 25.8 Å². The van der Waals surface area contributed by atoms with Crippen molar-refractivity contribution in [2.45, 2.75) is 45.3 Å². The zero-order chi connectivity index (χ0) is 17.5. The highest BCUT2D eigenvalue weighted by molar-refractivity contribution is 5.81. The van der Waals surface area contributed by atoms with Gasteiger partial charge in [0, 0.05) is 32.2 Å². The van der Waals surface area contributed by atoms with Gasteiger partial charge in [0.15, 0.2) is 0 Å². The minimum atomic E-state index is -0.132. The van der Waals surface area contributed by atoms with Crippen LogP contribution in [0.2, 0.25) is 0 Å².